The first kappa shape index (κ1) is 30.0. The number of benzene rings is 3. The minimum absolute atomic E-state index is 0.0517. The predicted molar refractivity (Wildman–Crippen MR) is 157 cm³/mol. The minimum Gasteiger partial charge on any atom is -0.423 e. The Morgan fingerprint density at radius 2 is 1.38 bits per heavy atom. The molecule has 0 unspecified atom stereocenters. The SMILES string of the molecule is O=C(CN(C(=O)c1ccc(Cl)c(Cl)c1)N1C(=O)[C@H]2CCCC[C@@H]2C1=O)c1ccc(OC(=O)c2ccc(Cl)cc2Cl)cc1. The zero-order valence-electron chi connectivity index (χ0n) is 21.8. The van der Waals surface area contributed by atoms with Crippen molar-refractivity contribution in [2.75, 3.05) is 6.54 Å². The lowest BCUT2D eigenvalue weighted by atomic mass is 9.81. The molecule has 1 aliphatic heterocycles. The molecule has 3 amide bonds. The highest BCUT2D eigenvalue weighted by molar-refractivity contribution is 6.42. The summed E-state index contributed by atoms with van der Waals surface area (Å²) in [4.78, 5) is 66.3. The number of hydrogen-bond donors (Lipinski definition) is 0. The number of nitrogens with zero attached hydrogens (tertiary/aromatic N) is 2. The second kappa shape index (κ2) is 12.4. The second-order valence-electron chi connectivity index (χ2n) is 9.94. The maximum absolute atomic E-state index is 13.7. The molecule has 0 aromatic heterocycles. The summed E-state index contributed by atoms with van der Waals surface area (Å²) in [6.07, 6.45) is 2.68. The van der Waals surface area contributed by atoms with E-state index >= 15 is 0 Å². The molecule has 0 N–H and O–H groups in total. The molecule has 3 aromatic rings. The van der Waals surface area contributed by atoms with Gasteiger partial charge in [-0.1, -0.05) is 59.2 Å². The van der Waals surface area contributed by atoms with Crippen LogP contribution < -0.4 is 4.74 Å². The van der Waals surface area contributed by atoms with Crippen LogP contribution in [0.15, 0.2) is 60.7 Å². The number of rotatable bonds is 7. The van der Waals surface area contributed by atoms with E-state index in [9.17, 15) is 24.0 Å². The van der Waals surface area contributed by atoms with Gasteiger partial charge in [-0.05, 0) is 73.5 Å². The lowest BCUT2D eigenvalue weighted by Gasteiger charge is -2.30. The van der Waals surface area contributed by atoms with Gasteiger partial charge in [0.2, 0.25) is 0 Å². The molecule has 12 heteroatoms. The van der Waals surface area contributed by atoms with Gasteiger partial charge in [-0.25, -0.2) is 9.80 Å². The Morgan fingerprint density at radius 1 is 0.762 bits per heavy atom. The van der Waals surface area contributed by atoms with Gasteiger partial charge in [0.1, 0.15) is 12.3 Å². The van der Waals surface area contributed by atoms with Crippen LogP contribution in [0.1, 0.15) is 56.8 Å². The number of ether oxygens (including phenoxy) is 1. The molecule has 42 heavy (non-hydrogen) atoms. The largest absolute Gasteiger partial charge is 0.423 e. The average molecular weight is 648 g/mol. The molecule has 0 radical (unpaired) electrons. The highest BCUT2D eigenvalue weighted by Crippen LogP contribution is 2.39. The number of imide groups is 1. The van der Waals surface area contributed by atoms with Crippen molar-refractivity contribution in [3.63, 3.8) is 0 Å². The fourth-order valence-electron chi connectivity index (χ4n) is 5.15. The minimum atomic E-state index is -0.757. The van der Waals surface area contributed by atoms with Gasteiger partial charge in [0.25, 0.3) is 17.7 Å². The van der Waals surface area contributed by atoms with Crippen LogP contribution in [-0.2, 0) is 9.59 Å². The standard InChI is InChI=1S/C30H22Cl4N2O6/c31-18-8-11-22(24(33)14-18)30(41)42-19-9-5-16(6-10-19)26(37)15-35(27(38)17-7-12-23(32)25(34)13-17)36-28(39)20-3-1-2-4-21(20)29(36)40/h5-14,20-21H,1-4,15H2/t20-,21-/m0/s1. The van der Waals surface area contributed by atoms with Crippen molar-refractivity contribution < 1.29 is 28.7 Å². The van der Waals surface area contributed by atoms with E-state index in [1.807, 2.05) is 0 Å². The third-order valence-corrected chi connectivity index (χ3v) is 8.58. The number of carbonyl (C=O) groups is 5. The van der Waals surface area contributed by atoms with Gasteiger partial charge in [0.15, 0.2) is 5.78 Å². The van der Waals surface area contributed by atoms with Crippen LogP contribution in [0.4, 0.5) is 0 Å². The van der Waals surface area contributed by atoms with Crippen LogP contribution in [0, 0.1) is 11.8 Å². The Labute approximate surface area is 261 Å². The maximum atomic E-state index is 13.7. The lowest BCUT2D eigenvalue weighted by molar-refractivity contribution is -0.154. The molecule has 1 saturated carbocycles. The summed E-state index contributed by atoms with van der Waals surface area (Å²) in [5.74, 6) is -3.97. The fourth-order valence-corrected chi connectivity index (χ4v) is 5.93. The normalized spacial score (nSPS) is 18.0. The molecule has 0 bridgehead atoms. The molecule has 2 fully saturated rings. The highest BCUT2D eigenvalue weighted by Gasteiger charge is 2.51. The van der Waals surface area contributed by atoms with Crippen molar-refractivity contribution in [2.45, 2.75) is 25.7 Å². The van der Waals surface area contributed by atoms with Crippen molar-refractivity contribution >= 4 is 75.9 Å². The smallest absolute Gasteiger partial charge is 0.345 e. The van der Waals surface area contributed by atoms with Gasteiger partial charge in [-0.3, -0.25) is 19.2 Å². The van der Waals surface area contributed by atoms with Gasteiger partial charge < -0.3 is 4.74 Å². The molecular formula is C30H22Cl4N2O6. The summed E-state index contributed by atoms with van der Waals surface area (Å²) in [7, 11) is 0. The number of amides is 3. The van der Waals surface area contributed by atoms with Crippen molar-refractivity contribution in [2.24, 2.45) is 11.8 Å². The molecule has 1 saturated heterocycles. The Balaban J connectivity index is 1.38. The number of ketones is 1. The summed E-state index contributed by atoms with van der Waals surface area (Å²) in [6, 6.07) is 14.1. The number of Topliss-reactive ketones (excluding diaryl/α,β-unsaturated/α-hetero) is 1. The predicted octanol–water partition coefficient (Wildman–Crippen LogP) is 6.93. The third-order valence-electron chi connectivity index (χ3n) is 7.29. The molecular weight excluding hydrogens is 626 g/mol. The monoisotopic (exact) mass is 646 g/mol. The first-order valence-electron chi connectivity index (χ1n) is 13.0. The molecule has 0 spiro atoms. The van der Waals surface area contributed by atoms with Gasteiger partial charge in [-0.15, -0.1) is 0 Å². The van der Waals surface area contributed by atoms with Crippen LogP contribution in [-0.4, -0.2) is 46.0 Å². The van der Waals surface area contributed by atoms with Gasteiger partial charge in [0, 0.05) is 16.1 Å². The zero-order chi connectivity index (χ0) is 30.1. The Kier molecular flexibility index (Phi) is 8.89. The van der Waals surface area contributed by atoms with E-state index < -0.39 is 47.9 Å². The number of fused-ring (bicyclic) bond motifs is 1. The molecule has 8 nitrogen and oxygen atoms in total. The number of carbonyl (C=O) groups excluding carboxylic acids is 5. The summed E-state index contributed by atoms with van der Waals surface area (Å²) >= 11 is 24.1. The zero-order valence-corrected chi connectivity index (χ0v) is 24.8. The number of halogens is 4. The maximum Gasteiger partial charge on any atom is 0.345 e. The van der Waals surface area contributed by atoms with E-state index in [0.29, 0.717) is 17.9 Å². The molecule has 216 valence electrons. The van der Waals surface area contributed by atoms with Crippen molar-refractivity contribution in [1.29, 1.82) is 0 Å². The van der Waals surface area contributed by atoms with Gasteiger partial charge in [0.05, 0.1) is 32.5 Å². The number of hydrogen-bond acceptors (Lipinski definition) is 6. The highest BCUT2D eigenvalue weighted by atomic mass is 35.5. The lowest BCUT2D eigenvalue weighted by Crippen LogP contribution is -2.52. The molecule has 2 atom stereocenters. The second-order valence-corrected chi connectivity index (χ2v) is 11.6. The quantitative estimate of drug-likeness (QED) is 0.119. The number of esters is 1. The molecule has 5 rings (SSSR count). The molecule has 1 aliphatic carbocycles. The first-order valence-corrected chi connectivity index (χ1v) is 14.5. The fraction of sp³-hybridized carbons (Fsp3) is 0.233. The van der Waals surface area contributed by atoms with E-state index in [2.05, 4.69) is 0 Å². The van der Waals surface area contributed by atoms with Gasteiger partial charge in [-0.2, -0.15) is 5.01 Å². The van der Waals surface area contributed by atoms with E-state index in [0.717, 1.165) is 22.9 Å². The Morgan fingerprint density at radius 3 is 1.98 bits per heavy atom. The van der Waals surface area contributed by atoms with E-state index in [1.165, 1.54) is 60.7 Å². The summed E-state index contributed by atoms with van der Waals surface area (Å²) in [5, 5.41) is 2.50. The van der Waals surface area contributed by atoms with Crippen molar-refractivity contribution in [3.05, 3.63) is 97.4 Å². The van der Waals surface area contributed by atoms with E-state index in [1.54, 1.807) is 0 Å². The molecule has 3 aromatic carbocycles. The Bertz CT molecular complexity index is 1590. The first-order chi connectivity index (χ1) is 20.0. The van der Waals surface area contributed by atoms with Crippen LogP contribution in [0.5, 0.6) is 5.75 Å². The summed E-state index contributed by atoms with van der Waals surface area (Å²) < 4.78 is 5.35. The van der Waals surface area contributed by atoms with Crippen molar-refractivity contribution in [3.8, 4) is 5.75 Å². The molecule has 1 heterocycles. The van der Waals surface area contributed by atoms with Crippen LogP contribution in [0.25, 0.3) is 0 Å². The van der Waals surface area contributed by atoms with Crippen LogP contribution >= 0.6 is 46.4 Å². The Hall–Kier alpha value is -3.43. The summed E-state index contributed by atoms with van der Waals surface area (Å²) in [6.45, 7) is -0.602. The van der Waals surface area contributed by atoms with Crippen LogP contribution in [0.2, 0.25) is 20.1 Å². The van der Waals surface area contributed by atoms with E-state index in [-0.39, 0.29) is 37.5 Å². The molecule has 2 aliphatic rings. The van der Waals surface area contributed by atoms with Gasteiger partial charge >= 0.3 is 5.97 Å². The van der Waals surface area contributed by atoms with Crippen LogP contribution in [0.3, 0.4) is 0 Å². The average Bonchev–Trinajstić information content (AvgIpc) is 3.22. The topological polar surface area (TPSA) is 101 Å². The van der Waals surface area contributed by atoms with E-state index in [4.69, 9.17) is 51.1 Å². The van der Waals surface area contributed by atoms with Crippen molar-refractivity contribution in [1.82, 2.24) is 10.0 Å². The summed E-state index contributed by atoms with van der Waals surface area (Å²) in [5.41, 5.74) is 0.316. The number of hydrazine groups is 1. The third kappa shape index (κ3) is 6.03.